The lowest BCUT2D eigenvalue weighted by Gasteiger charge is -2.15. The normalized spacial score (nSPS) is 17.6. The van der Waals surface area contributed by atoms with Crippen LogP contribution in [0.1, 0.15) is 18.4 Å². The van der Waals surface area contributed by atoms with Crippen LogP contribution in [0.3, 0.4) is 0 Å². The van der Waals surface area contributed by atoms with E-state index in [0.29, 0.717) is 6.61 Å². The van der Waals surface area contributed by atoms with E-state index >= 15 is 0 Å². The molecule has 0 amide bonds. The Morgan fingerprint density at radius 1 is 1.21 bits per heavy atom. The Bertz CT molecular complexity index is 831. The molecule has 0 spiro atoms. The first-order valence-corrected chi connectivity index (χ1v) is 8.44. The van der Waals surface area contributed by atoms with Gasteiger partial charge in [-0.25, -0.2) is 4.68 Å². The molecule has 24 heavy (non-hydrogen) atoms. The maximum Gasteiger partial charge on any atom is 0.158 e. The average Bonchev–Trinajstić information content (AvgIpc) is 2.90. The molecule has 0 aliphatic heterocycles. The molecule has 2 aromatic rings. The van der Waals surface area contributed by atoms with Gasteiger partial charge in [-0.2, -0.15) is 0 Å². The van der Waals surface area contributed by atoms with Crippen LogP contribution in [0.15, 0.2) is 36.4 Å². The third-order valence-corrected chi connectivity index (χ3v) is 4.28. The van der Waals surface area contributed by atoms with Crippen LogP contribution in [0, 0.1) is 6.92 Å². The first-order valence-electron chi connectivity index (χ1n) is 8.44. The van der Waals surface area contributed by atoms with Crippen LogP contribution in [-0.2, 0) is 4.74 Å². The summed E-state index contributed by atoms with van der Waals surface area (Å²) in [5.41, 5.74) is 2.35. The zero-order valence-electron chi connectivity index (χ0n) is 14.7. The van der Waals surface area contributed by atoms with Crippen molar-refractivity contribution in [2.45, 2.75) is 19.8 Å². The summed E-state index contributed by atoms with van der Waals surface area (Å²) < 4.78 is 7.28. The summed E-state index contributed by atoms with van der Waals surface area (Å²) in [5, 5.41) is 7.26. The fourth-order valence-corrected chi connectivity index (χ4v) is 2.86. The average molecular weight is 323 g/mol. The van der Waals surface area contributed by atoms with Crippen molar-refractivity contribution < 1.29 is 4.74 Å². The molecule has 0 saturated heterocycles. The summed E-state index contributed by atoms with van der Waals surface area (Å²) in [6.07, 6.45) is 10.9. The van der Waals surface area contributed by atoms with E-state index in [1.54, 1.807) is 7.11 Å². The summed E-state index contributed by atoms with van der Waals surface area (Å²) >= 11 is 0. The van der Waals surface area contributed by atoms with Gasteiger partial charge in [0.15, 0.2) is 5.82 Å². The summed E-state index contributed by atoms with van der Waals surface area (Å²) in [5.74, 6) is 0.991. The maximum absolute atomic E-state index is 5.22. The fourth-order valence-electron chi connectivity index (χ4n) is 2.86. The number of rotatable bonds is 5. The lowest BCUT2D eigenvalue weighted by atomic mass is 10.2. The van der Waals surface area contributed by atoms with E-state index in [1.165, 1.54) is 16.1 Å². The zero-order chi connectivity index (χ0) is 16.9. The monoisotopic (exact) mass is 323 g/mol. The second-order valence-electron chi connectivity index (χ2n) is 6.16. The number of allylic oxidation sites excluding steroid dienone is 2. The van der Waals surface area contributed by atoms with Crippen molar-refractivity contribution in [2.24, 2.45) is 0 Å². The molecular weight excluding hydrogens is 298 g/mol. The van der Waals surface area contributed by atoms with Crippen molar-refractivity contribution in [3.05, 3.63) is 52.5 Å². The van der Waals surface area contributed by atoms with E-state index in [9.17, 15) is 0 Å². The Morgan fingerprint density at radius 2 is 2.00 bits per heavy atom. The van der Waals surface area contributed by atoms with Gasteiger partial charge in [0.2, 0.25) is 0 Å². The van der Waals surface area contributed by atoms with Crippen LogP contribution in [0.5, 0.6) is 0 Å². The molecule has 1 aromatic heterocycles. The quantitative estimate of drug-likeness (QED) is 0.845. The maximum atomic E-state index is 5.22. The summed E-state index contributed by atoms with van der Waals surface area (Å²) in [6, 6.07) is 8.52. The molecule has 1 heterocycles. The third kappa shape index (κ3) is 3.44. The third-order valence-electron chi connectivity index (χ3n) is 4.28. The van der Waals surface area contributed by atoms with Gasteiger partial charge in [-0.15, -0.1) is 5.10 Å². The van der Waals surface area contributed by atoms with E-state index in [-0.39, 0.29) is 0 Å². The van der Waals surface area contributed by atoms with Gasteiger partial charge in [0.25, 0.3) is 0 Å². The van der Waals surface area contributed by atoms with Crippen LogP contribution >= 0.6 is 0 Å². The lowest BCUT2D eigenvalue weighted by molar-refractivity contribution is 0.206. The number of methoxy groups -OCH3 is 1. The molecule has 0 N–H and O–H groups in total. The molecule has 0 atom stereocenters. The number of anilines is 1. The van der Waals surface area contributed by atoms with Crippen LogP contribution < -0.4 is 15.5 Å². The number of ether oxygens (including phenoxy) is 1. The zero-order valence-corrected chi connectivity index (χ0v) is 14.7. The number of fused-ring (bicyclic) bond motifs is 1. The molecule has 0 radical (unpaired) electrons. The summed E-state index contributed by atoms with van der Waals surface area (Å²) in [4.78, 5) is 2.16. The van der Waals surface area contributed by atoms with Crippen LogP contribution in [0.4, 0.5) is 5.82 Å². The van der Waals surface area contributed by atoms with Gasteiger partial charge in [0.05, 0.1) is 17.6 Å². The minimum atomic E-state index is 0.683. The van der Waals surface area contributed by atoms with Crippen LogP contribution in [-0.4, -0.2) is 37.1 Å². The minimum absolute atomic E-state index is 0.683. The highest BCUT2D eigenvalue weighted by Crippen LogP contribution is 2.09. The predicted molar refractivity (Wildman–Crippen MR) is 100 cm³/mol. The van der Waals surface area contributed by atoms with Gasteiger partial charge in [-0.3, -0.25) is 0 Å². The highest BCUT2D eigenvalue weighted by atomic mass is 16.5. The Labute approximate surface area is 143 Å². The van der Waals surface area contributed by atoms with E-state index < -0.39 is 0 Å². The second-order valence-corrected chi connectivity index (χ2v) is 6.16. The topological polar surface area (TPSA) is 30.3 Å². The molecule has 3 rings (SSSR count). The van der Waals surface area contributed by atoms with Gasteiger partial charge in [-0.1, -0.05) is 35.9 Å². The van der Waals surface area contributed by atoms with Crippen LogP contribution in [0.2, 0.25) is 0 Å². The molecule has 0 bridgehead atoms. The van der Waals surface area contributed by atoms with Crippen molar-refractivity contribution in [3.63, 3.8) is 0 Å². The lowest BCUT2D eigenvalue weighted by Crippen LogP contribution is -2.33. The summed E-state index contributed by atoms with van der Waals surface area (Å²) in [7, 11) is 3.80. The van der Waals surface area contributed by atoms with E-state index in [2.05, 4.69) is 72.1 Å². The van der Waals surface area contributed by atoms with Crippen molar-refractivity contribution >= 4 is 18.0 Å². The Kier molecular flexibility index (Phi) is 5.16. The number of aryl methyl sites for hydroxylation is 1. The smallest absolute Gasteiger partial charge is 0.158 e. The number of likely N-dealkylation sites (N-methyl/N-ethyl adjacent to an activating group) is 1. The van der Waals surface area contributed by atoms with Crippen molar-refractivity contribution in [1.82, 2.24) is 9.78 Å². The van der Waals surface area contributed by atoms with Gasteiger partial charge in [0.1, 0.15) is 0 Å². The molecule has 4 heteroatoms. The largest absolute Gasteiger partial charge is 0.383 e. The van der Waals surface area contributed by atoms with Gasteiger partial charge in [0, 0.05) is 25.9 Å². The van der Waals surface area contributed by atoms with Crippen molar-refractivity contribution in [1.29, 1.82) is 0 Å². The highest BCUT2D eigenvalue weighted by Gasteiger charge is 2.12. The Hall–Kier alpha value is -2.33. The van der Waals surface area contributed by atoms with Crippen LogP contribution in [0.25, 0.3) is 17.8 Å². The fraction of sp³-hybridized carbons (Fsp3) is 0.350. The number of nitrogens with zero attached hydrogens (tertiary/aromatic N) is 3. The molecular formula is C20H25N3O. The molecule has 1 aromatic carbocycles. The first kappa shape index (κ1) is 16.5. The predicted octanol–water partition coefficient (Wildman–Crippen LogP) is 2.17. The molecule has 1 aliphatic rings. The molecule has 1 aliphatic carbocycles. The minimum Gasteiger partial charge on any atom is -0.383 e. The molecule has 0 fully saturated rings. The standard InChI is InChI=1S/C20H25N3O/c1-16-10-12-17(13-11-16)23-19-9-7-5-4-6-8-18(19)20(21-23)22(2)14-15-24-3/h4,6,8-13H,5,7,14-15H2,1-3H3/b6-4+,18-8+,19-9+. The summed E-state index contributed by atoms with van der Waals surface area (Å²) in [6.45, 7) is 3.60. The van der Waals surface area contributed by atoms with E-state index in [4.69, 9.17) is 9.84 Å². The Balaban J connectivity index is 2.16. The van der Waals surface area contributed by atoms with Crippen molar-refractivity contribution in [2.75, 3.05) is 32.2 Å². The Morgan fingerprint density at radius 3 is 2.75 bits per heavy atom. The molecule has 126 valence electrons. The molecule has 0 unspecified atom stereocenters. The van der Waals surface area contributed by atoms with Crippen molar-refractivity contribution in [3.8, 4) is 5.69 Å². The molecule has 4 nitrogen and oxygen atoms in total. The highest BCUT2D eigenvalue weighted by molar-refractivity contribution is 5.53. The SMILES string of the molecule is COCCN(C)c1nn(-c2ccc(C)cc2)c2/c1=C\C=C\CC\C=2. The number of aromatic nitrogens is 2. The number of hydrogen-bond donors (Lipinski definition) is 0. The van der Waals surface area contributed by atoms with E-state index in [1.807, 2.05) is 0 Å². The van der Waals surface area contributed by atoms with E-state index in [0.717, 1.165) is 30.9 Å². The van der Waals surface area contributed by atoms with Gasteiger partial charge in [-0.05, 0) is 38.0 Å². The number of benzene rings is 1. The second kappa shape index (κ2) is 7.49. The van der Waals surface area contributed by atoms with Gasteiger partial charge >= 0.3 is 0 Å². The first-order chi connectivity index (χ1) is 11.7. The van der Waals surface area contributed by atoms with Gasteiger partial charge < -0.3 is 9.64 Å². The number of hydrogen-bond acceptors (Lipinski definition) is 3. The molecule has 0 saturated carbocycles.